The SMILES string of the molecule is O=C(O)C[C@@H](NC(=O)c1ccc([N+](=O)[O-])cc1F)C(=O)O. The Morgan fingerprint density at radius 2 is 1.95 bits per heavy atom. The first-order valence-corrected chi connectivity index (χ1v) is 5.41. The fourth-order valence-corrected chi connectivity index (χ4v) is 1.41. The van der Waals surface area contributed by atoms with Gasteiger partial charge in [0.25, 0.3) is 11.6 Å². The Kier molecular flexibility index (Phi) is 4.89. The molecule has 21 heavy (non-hydrogen) atoms. The lowest BCUT2D eigenvalue weighted by Gasteiger charge is -2.12. The first-order valence-electron chi connectivity index (χ1n) is 5.41. The first kappa shape index (κ1) is 16.0. The summed E-state index contributed by atoms with van der Waals surface area (Å²) in [5.74, 6) is -5.47. The van der Waals surface area contributed by atoms with Crippen LogP contribution in [0.5, 0.6) is 0 Å². The highest BCUT2D eigenvalue weighted by molar-refractivity contribution is 5.97. The van der Waals surface area contributed by atoms with Crippen LogP contribution in [-0.4, -0.2) is 39.0 Å². The number of nitrogens with one attached hydrogen (secondary N) is 1. The van der Waals surface area contributed by atoms with Crippen molar-refractivity contribution < 1.29 is 33.9 Å². The van der Waals surface area contributed by atoms with Gasteiger partial charge in [0.1, 0.15) is 11.9 Å². The molecule has 0 aliphatic carbocycles. The van der Waals surface area contributed by atoms with E-state index in [1.165, 1.54) is 0 Å². The Morgan fingerprint density at radius 3 is 2.38 bits per heavy atom. The normalized spacial score (nSPS) is 11.5. The Bertz CT molecular complexity index is 617. The van der Waals surface area contributed by atoms with Gasteiger partial charge in [0, 0.05) is 6.07 Å². The number of aliphatic carboxylic acids is 2. The van der Waals surface area contributed by atoms with E-state index < -0.39 is 52.3 Å². The van der Waals surface area contributed by atoms with E-state index in [-0.39, 0.29) is 0 Å². The minimum absolute atomic E-state index is 0.502. The van der Waals surface area contributed by atoms with Crippen molar-refractivity contribution in [3.8, 4) is 0 Å². The van der Waals surface area contributed by atoms with Gasteiger partial charge < -0.3 is 15.5 Å². The highest BCUT2D eigenvalue weighted by atomic mass is 19.1. The lowest BCUT2D eigenvalue weighted by molar-refractivity contribution is -0.385. The van der Waals surface area contributed by atoms with Crippen LogP contribution in [0.4, 0.5) is 10.1 Å². The maximum atomic E-state index is 13.5. The molecule has 0 aromatic heterocycles. The summed E-state index contributed by atoms with van der Waals surface area (Å²) in [6.45, 7) is 0. The number of hydrogen-bond acceptors (Lipinski definition) is 5. The van der Waals surface area contributed by atoms with Crippen LogP contribution in [0.2, 0.25) is 0 Å². The van der Waals surface area contributed by atoms with Crippen molar-refractivity contribution in [2.75, 3.05) is 0 Å². The molecule has 0 heterocycles. The van der Waals surface area contributed by atoms with Crippen LogP contribution in [-0.2, 0) is 9.59 Å². The number of carboxylic acid groups (broad SMARTS) is 2. The van der Waals surface area contributed by atoms with Crippen molar-refractivity contribution in [2.45, 2.75) is 12.5 Å². The predicted octanol–water partition coefficient (Wildman–Crippen LogP) is 0.392. The van der Waals surface area contributed by atoms with Crippen molar-refractivity contribution in [1.29, 1.82) is 0 Å². The van der Waals surface area contributed by atoms with Gasteiger partial charge in [0.05, 0.1) is 23.0 Å². The smallest absolute Gasteiger partial charge is 0.326 e. The van der Waals surface area contributed by atoms with E-state index in [1.54, 1.807) is 0 Å². The molecule has 0 aliphatic rings. The number of benzene rings is 1. The Morgan fingerprint density at radius 1 is 1.33 bits per heavy atom. The molecule has 0 fully saturated rings. The van der Waals surface area contributed by atoms with E-state index in [4.69, 9.17) is 10.2 Å². The number of carbonyl (C=O) groups excluding carboxylic acids is 1. The summed E-state index contributed by atoms with van der Waals surface area (Å²) in [5.41, 5.74) is -1.21. The summed E-state index contributed by atoms with van der Waals surface area (Å²) in [6, 6.07) is 0.430. The van der Waals surface area contributed by atoms with Gasteiger partial charge >= 0.3 is 11.9 Å². The van der Waals surface area contributed by atoms with Crippen LogP contribution in [0.1, 0.15) is 16.8 Å². The third kappa shape index (κ3) is 4.23. The summed E-state index contributed by atoms with van der Waals surface area (Å²) >= 11 is 0. The Balaban J connectivity index is 2.95. The van der Waals surface area contributed by atoms with Gasteiger partial charge in [-0.25, -0.2) is 9.18 Å². The van der Waals surface area contributed by atoms with Crippen molar-refractivity contribution >= 4 is 23.5 Å². The van der Waals surface area contributed by atoms with Crippen molar-refractivity contribution in [3.05, 3.63) is 39.7 Å². The molecule has 9 nitrogen and oxygen atoms in total. The summed E-state index contributed by atoms with van der Waals surface area (Å²) in [5, 5.41) is 29.5. The second kappa shape index (κ2) is 6.41. The molecule has 1 aromatic rings. The number of rotatable bonds is 6. The highest BCUT2D eigenvalue weighted by Crippen LogP contribution is 2.16. The Hall–Kier alpha value is -3.04. The molecule has 0 radical (unpaired) electrons. The van der Waals surface area contributed by atoms with E-state index in [9.17, 15) is 28.9 Å². The quantitative estimate of drug-likeness (QED) is 0.508. The number of carboxylic acids is 2. The third-order valence-electron chi connectivity index (χ3n) is 2.39. The molecule has 0 bridgehead atoms. The van der Waals surface area contributed by atoms with Gasteiger partial charge in [-0.1, -0.05) is 0 Å². The number of nitrogens with zero attached hydrogens (tertiary/aromatic N) is 1. The van der Waals surface area contributed by atoms with Gasteiger partial charge in [-0.15, -0.1) is 0 Å². The third-order valence-corrected chi connectivity index (χ3v) is 2.39. The zero-order chi connectivity index (χ0) is 16.2. The maximum absolute atomic E-state index is 13.5. The standard InChI is InChI=1S/C11H9FN2O7/c12-7-3-5(14(20)21)1-2-6(7)10(17)13-8(11(18)19)4-9(15)16/h1-3,8H,4H2,(H,13,17)(H,15,16)(H,18,19)/t8-/m1/s1. The molecule has 1 aromatic carbocycles. The van der Waals surface area contributed by atoms with Crippen LogP contribution in [0, 0.1) is 15.9 Å². The van der Waals surface area contributed by atoms with Crippen LogP contribution >= 0.6 is 0 Å². The summed E-state index contributed by atoms with van der Waals surface area (Å²) < 4.78 is 13.5. The van der Waals surface area contributed by atoms with Gasteiger partial charge in [-0.05, 0) is 6.07 Å². The molecule has 3 N–H and O–H groups in total. The summed E-state index contributed by atoms with van der Waals surface area (Å²) in [6.07, 6.45) is -0.893. The van der Waals surface area contributed by atoms with E-state index in [1.807, 2.05) is 5.32 Å². The van der Waals surface area contributed by atoms with Crippen LogP contribution in [0.3, 0.4) is 0 Å². The molecular weight excluding hydrogens is 291 g/mol. The number of amides is 1. The molecule has 112 valence electrons. The van der Waals surface area contributed by atoms with Gasteiger partial charge in [-0.2, -0.15) is 0 Å². The number of nitro benzene ring substituents is 1. The zero-order valence-corrected chi connectivity index (χ0v) is 10.3. The van der Waals surface area contributed by atoms with E-state index in [0.29, 0.717) is 6.07 Å². The molecule has 0 saturated carbocycles. The number of halogens is 1. The average Bonchev–Trinajstić information content (AvgIpc) is 2.36. The molecule has 10 heteroatoms. The van der Waals surface area contributed by atoms with Crippen LogP contribution in [0.15, 0.2) is 18.2 Å². The maximum Gasteiger partial charge on any atom is 0.326 e. The zero-order valence-electron chi connectivity index (χ0n) is 10.3. The van der Waals surface area contributed by atoms with Crippen molar-refractivity contribution in [2.24, 2.45) is 0 Å². The lowest BCUT2D eigenvalue weighted by Crippen LogP contribution is -2.42. The lowest BCUT2D eigenvalue weighted by atomic mass is 10.1. The Labute approximate surface area is 116 Å². The summed E-state index contributed by atoms with van der Waals surface area (Å²) in [7, 11) is 0. The highest BCUT2D eigenvalue weighted by Gasteiger charge is 2.25. The monoisotopic (exact) mass is 300 g/mol. The second-order valence-corrected chi connectivity index (χ2v) is 3.88. The molecule has 1 atom stereocenters. The molecule has 1 rings (SSSR count). The fraction of sp³-hybridized carbons (Fsp3) is 0.182. The van der Waals surface area contributed by atoms with E-state index >= 15 is 0 Å². The first-order chi connectivity index (χ1) is 9.72. The van der Waals surface area contributed by atoms with Gasteiger partial charge in [0.15, 0.2) is 0 Å². The second-order valence-electron chi connectivity index (χ2n) is 3.88. The minimum atomic E-state index is -1.75. The molecular formula is C11H9FN2O7. The number of non-ortho nitro benzene ring substituents is 1. The topological polar surface area (TPSA) is 147 Å². The molecule has 1 amide bonds. The molecule has 0 spiro atoms. The molecule has 0 saturated heterocycles. The van der Waals surface area contributed by atoms with Crippen LogP contribution < -0.4 is 5.32 Å². The van der Waals surface area contributed by atoms with E-state index in [2.05, 4.69) is 0 Å². The molecule has 0 aliphatic heterocycles. The van der Waals surface area contributed by atoms with Crippen molar-refractivity contribution in [1.82, 2.24) is 5.32 Å². The van der Waals surface area contributed by atoms with Crippen molar-refractivity contribution in [3.63, 3.8) is 0 Å². The number of nitro groups is 1. The average molecular weight is 300 g/mol. The number of hydrogen-bond donors (Lipinski definition) is 3. The fourth-order valence-electron chi connectivity index (χ4n) is 1.41. The predicted molar refractivity (Wildman–Crippen MR) is 64.2 cm³/mol. The summed E-state index contributed by atoms with van der Waals surface area (Å²) in [4.78, 5) is 42.4. The number of carbonyl (C=O) groups is 3. The largest absolute Gasteiger partial charge is 0.481 e. The van der Waals surface area contributed by atoms with E-state index in [0.717, 1.165) is 12.1 Å². The molecule has 0 unspecified atom stereocenters. The van der Waals surface area contributed by atoms with Gasteiger partial charge in [0.2, 0.25) is 0 Å². The minimum Gasteiger partial charge on any atom is -0.481 e. The van der Waals surface area contributed by atoms with Gasteiger partial charge in [-0.3, -0.25) is 19.7 Å². The van der Waals surface area contributed by atoms with Crippen LogP contribution in [0.25, 0.3) is 0 Å².